The maximum Gasteiger partial charge on any atom is 0.305 e. The number of unbranched alkanes of at least 4 members (excludes halogenated alkanes) is 9. The van der Waals surface area contributed by atoms with Crippen molar-refractivity contribution in [3.8, 4) is 0 Å². The van der Waals surface area contributed by atoms with Crippen molar-refractivity contribution in [3.63, 3.8) is 0 Å². The van der Waals surface area contributed by atoms with E-state index in [9.17, 15) is 41.7 Å². The van der Waals surface area contributed by atoms with Crippen molar-refractivity contribution in [1.82, 2.24) is 4.90 Å². The molecule has 1 fully saturated rings. The van der Waals surface area contributed by atoms with Crippen LogP contribution in [0.15, 0.2) is 57.0 Å². The molecule has 5 N–H and O–H groups in total. The zero-order valence-electron chi connectivity index (χ0n) is 35.7. The average molecular weight is 895 g/mol. The highest BCUT2D eigenvalue weighted by Crippen LogP contribution is 2.45. The van der Waals surface area contributed by atoms with Gasteiger partial charge in [-0.1, -0.05) is 87.4 Å². The van der Waals surface area contributed by atoms with Gasteiger partial charge < -0.3 is 25.0 Å². The van der Waals surface area contributed by atoms with E-state index in [0.717, 1.165) is 70.6 Å². The Morgan fingerprint density at radius 2 is 1.57 bits per heavy atom. The lowest BCUT2D eigenvalue weighted by Crippen LogP contribution is -2.40. The lowest BCUT2D eigenvalue weighted by molar-refractivity contribution is -0.143. The first-order chi connectivity index (χ1) is 28.6. The van der Waals surface area contributed by atoms with Crippen molar-refractivity contribution in [3.05, 3.63) is 59.7 Å². The maximum atomic E-state index is 13.3. The van der Waals surface area contributed by atoms with Crippen molar-refractivity contribution in [1.29, 1.82) is 0 Å². The Balaban J connectivity index is 0.989. The highest BCUT2D eigenvalue weighted by Gasteiger charge is 2.43. The van der Waals surface area contributed by atoms with Gasteiger partial charge in [-0.25, -0.2) is 22.0 Å². The molecule has 1 aromatic heterocycles. The molecule has 338 valence electrons. The number of hydrogen-bond acceptors (Lipinski definition) is 11. The van der Waals surface area contributed by atoms with Gasteiger partial charge in [-0.05, 0) is 108 Å². The number of benzene rings is 1. The van der Waals surface area contributed by atoms with E-state index < -0.39 is 49.5 Å². The minimum atomic E-state index is -4.08. The van der Waals surface area contributed by atoms with E-state index in [-0.39, 0.29) is 38.6 Å². The van der Waals surface area contributed by atoms with E-state index in [2.05, 4.69) is 12.1 Å². The minimum Gasteiger partial charge on any atom is -0.466 e. The molecule has 4 rings (SSSR count). The van der Waals surface area contributed by atoms with Crippen LogP contribution in [0.25, 0.3) is 0 Å². The van der Waals surface area contributed by atoms with Gasteiger partial charge in [-0.15, -0.1) is 11.3 Å². The summed E-state index contributed by atoms with van der Waals surface area (Å²) in [7, 11) is -7.77. The quantitative estimate of drug-likeness (QED) is 0.0394. The van der Waals surface area contributed by atoms with Crippen LogP contribution in [0.3, 0.4) is 0 Å². The predicted molar refractivity (Wildman–Crippen MR) is 235 cm³/mol. The lowest BCUT2D eigenvalue weighted by Gasteiger charge is -2.36. The normalized spacial score (nSPS) is 23.1. The number of aliphatic hydroxyl groups excluding tert-OH is 3. The molecule has 0 unspecified atom stereocenters. The molecule has 0 saturated heterocycles. The number of primary sulfonamides is 1. The summed E-state index contributed by atoms with van der Waals surface area (Å²) in [6.07, 6.45) is 17.6. The smallest absolute Gasteiger partial charge is 0.305 e. The summed E-state index contributed by atoms with van der Waals surface area (Å²) >= 11 is 0.668. The highest BCUT2D eigenvalue weighted by molar-refractivity contribution is 7.95. The molecule has 1 aromatic carbocycles. The summed E-state index contributed by atoms with van der Waals surface area (Å²) in [6, 6.07) is 10.9. The van der Waals surface area contributed by atoms with Crippen LogP contribution >= 0.6 is 11.3 Å². The van der Waals surface area contributed by atoms with E-state index in [1.54, 1.807) is 11.8 Å². The van der Waals surface area contributed by atoms with Gasteiger partial charge in [0.15, 0.2) is 9.84 Å². The first kappa shape index (κ1) is 50.0. The fraction of sp³-hybridized carbons (Fsp3) is 0.689. The minimum absolute atomic E-state index is 0.00588. The summed E-state index contributed by atoms with van der Waals surface area (Å²) in [4.78, 5) is 27.2. The van der Waals surface area contributed by atoms with Crippen molar-refractivity contribution < 1.29 is 46.5 Å². The third-order valence-corrected chi connectivity index (χ3v) is 17.6. The molecule has 2 aromatic rings. The summed E-state index contributed by atoms with van der Waals surface area (Å²) in [5, 5.41) is 36.3. The van der Waals surface area contributed by atoms with Crippen LogP contribution in [0.4, 0.5) is 0 Å². The van der Waals surface area contributed by atoms with Crippen LogP contribution in [-0.4, -0.2) is 85.6 Å². The summed E-state index contributed by atoms with van der Waals surface area (Å²) in [6.45, 7) is 4.26. The molecule has 1 saturated carbocycles. The number of thiophene rings is 1. The Labute approximate surface area is 363 Å². The van der Waals surface area contributed by atoms with Gasteiger partial charge in [-0.2, -0.15) is 0 Å². The summed E-state index contributed by atoms with van der Waals surface area (Å²) in [5.74, 6) is -0.324. The van der Waals surface area contributed by atoms with Crippen LogP contribution in [0.1, 0.15) is 153 Å². The second kappa shape index (κ2) is 24.8. The molecule has 1 aliphatic carbocycles. The number of esters is 1. The number of aryl methyl sites for hydroxylation is 1. The fourth-order valence-electron chi connectivity index (χ4n) is 8.74. The van der Waals surface area contributed by atoms with Gasteiger partial charge in [0.2, 0.25) is 15.9 Å². The Morgan fingerprint density at radius 1 is 0.917 bits per heavy atom. The second-order valence-corrected chi connectivity index (χ2v) is 22.2. The Morgan fingerprint density at radius 3 is 2.23 bits per heavy atom. The largest absolute Gasteiger partial charge is 0.466 e. The molecule has 1 aliphatic heterocycles. The zero-order chi connectivity index (χ0) is 43.7. The van der Waals surface area contributed by atoms with Crippen LogP contribution in [0, 0.1) is 11.8 Å². The zero-order valence-corrected chi connectivity index (χ0v) is 38.1. The molecule has 60 heavy (non-hydrogen) atoms. The first-order valence-corrected chi connectivity index (χ1v) is 26.1. The van der Waals surface area contributed by atoms with Gasteiger partial charge in [0.1, 0.15) is 8.42 Å². The van der Waals surface area contributed by atoms with Gasteiger partial charge in [0.25, 0.3) is 0 Å². The van der Waals surface area contributed by atoms with Gasteiger partial charge in [0.05, 0.1) is 36.2 Å². The fourth-order valence-corrected chi connectivity index (χ4v) is 13.1. The third-order valence-electron chi connectivity index (χ3n) is 12.3. The summed E-state index contributed by atoms with van der Waals surface area (Å²) < 4.78 is 55.2. The summed E-state index contributed by atoms with van der Waals surface area (Å²) in [5.41, 5.74) is 1.55. The second-order valence-electron chi connectivity index (χ2n) is 16.8. The molecular formula is C45H70N2O10S3. The first-order valence-electron chi connectivity index (χ1n) is 22.2. The Kier molecular flexibility index (Phi) is 20.7. The average Bonchev–Trinajstić information content (AvgIpc) is 3.79. The number of sulfonamides is 1. The monoisotopic (exact) mass is 894 g/mol. The molecule has 0 radical (unpaired) electrons. The topological polar surface area (TPSA) is 202 Å². The molecule has 12 nitrogen and oxygen atoms in total. The van der Waals surface area contributed by atoms with E-state index >= 15 is 0 Å². The molecule has 1 amide bonds. The van der Waals surface area contributed by atoms with Crippen molar-refractivity contribution >= 4 is 43.1 Å². The number of carbonyl (C=O) groups excluding carboxylic acids is 2. The number of nitrogens with zero attached hydrogens (tertiary/aromatic N) is 1. The number of hydrogen-bond donors (Lipinski definition) is 4. The van der Waals surface area contributed by atoms with E-state index in [4.69, 9.17) is 9.88 Å². The number of allylic oxidation sites excluding steroid dienone is 2. The lowest BCUT2D eigenvalue weighted by atomic mass is 9.85. The number of ether oxygens (including phenoxy) is 1. The molecule has 15 heteroatoms. The number of nitrogens with two attached hydrogens (primary N) is 1. The maximum absolute atomic E-state index is 13.3. The third kappa shape index (κ3) is 15.3. The Bertz CT molecular complexity index is 1870. The van der Waals surface area contributed by atoms with Crippen LogP contribution in [0.2, 0.25) is 0 Å². The van der Waals surface area contributed by atoms with E-state index in [0.29, 0.717) is 81.4 Å². The van der Waals surface area contributed by atoms with Crippen LogP contribution < -0.4 is 5.14 Å². The number of sulfone groups is 1. The number of carbonyl (C=O) groups is 2. The van der Waals surface area contributed by atoms with Gasteiger partial charge in [-0.3, -0.25) is 9.59 Å². The van der Waals surface area contributed by atoms with E-state index in [1.165, 1.54) is 11.6 Å². The highest BCUT2D eigenvalue weighted by atomic mass is 32.3. The SMILES string of the molecule is CCN(C(=O)CCCCCCCCCCCOC(=O)CCC/C=C\C[C@@H]1[C@@H](CC[C@H](O)CCc2ccccc2)[C@H](O)C[C@@H]1O)[C@H]1C[C@H](C)S(=O)(=O)c2sc(S(N)(=O)=O)cc21. The molecule has 2 heterocycles. The molecular weight excluding hydrogens is 825 g/mol. The number of fused-ring (bicyclic) bond motifs is 1. The van der Waals surface area contributed by atoms with Crippen molar-refractivity contribution in [2.75, 3.05) is 13.2 Å². The standard InChI is InChI=1S/C45H70N2O10S3/c1-3-47(39-30-33(2)59(53,54)45-38(39)31-44(58-45)60(46,55)56)42(51)23-17-9-7-5-4-6-8-12-19-29-57-43(52)24-18-11-10-16-22-36-37(41(50)32-40(36)49)28-27-35(48)26-25-34-20-14-13-15-21-34/h10,13-16,20-21,31,33,35-37,39-41,48-50H,3-9,11-12,17-19,22-30,32H2,1-2H3,(H2,46,55,56)/b16-10-/t33-,35+,36+,37+,39-,40-,41+/m0/s1. The predicted octanol–water partition coefficient (Wildman–Crippen LogP) is 7.54. The molecule has 2 aliphatic rings. The van der Waals surface area contributed by atoms with Gasteiger partial charge >= 0.3 is 5.97 Å². The number of aliphatic hydroxyl groups is 3. The van der Waals surface area contributed by atoms with Crippen LogP contribution in [0.5, 0.6) is 0 Å². The molecule has 0 spiro atoms. The Hall–Kier alpha value is -2.66. The van der Waals surface area contributed by atoms with E-state index in [1.807, 2.05) is 37.3 Å². The molecule has 7 atom stereocenters. The van der Waals surface area contributed by atoms with Crippen LogP contribution in [-0.2, 0) is 40.6 Å². The number of amides is 1. The van der Waals surface area contributed by atoms with Crippen molar-refractivity contribution in [2.24, 2.45) is 17.0 Å². The molecule has 0 bridgehead atoms. The number of rotatable bonds is 27. The van der Waals surface area contributed by atoms with Gasteiger partial charge in [0, 0.05) is 24.9 Å². The van der Waals surface area contributed by atoms with Crippen molar-refractivity contribution in [2.45, 2.75) is 180 Å².